The molecule has 0 amide bonds. The highest BCUT2D eigenvalue weighted by Gasteiger charge is 2.24. The van der Waals surface area contributed by atoms with Crippen molar-refractivity contribution in [1.29, 1.82) is 0 Å². The smallest absolute Gasteiger partial charge is 0.129 e. The van der Waals surface area contributed by atoms with Crippen LogP contribution in [-0.4, -0.2) is 46.3 Å². The summed E-state index contributed by atoms with van der Waals surface area (Å²) in [7, 11) is 0. The van der Waals surface area contributed by atoms with Gasteiger partial charge in [0, 0.05) is 35.7 Å². The fraction of sp³-hybridized carbons (Fsp3) is 0.417. The predicted octanol–water partition coefficient (Wildman–Crippen LogP) is 4.56. The molecule has 0 fully saturated rings. The standard InChI is InChI=1S/C24H32N2O2/c1-18-15-25-21-11-8-12-22(23(18)21)28-17-20(27)16-26(24(2,3)4)14-13-19-9-6-5-7-10-19/h5-12,15,20,25,27H,13-14,16-17H2,1-4H3/t20-/m1/s1. The number of β-amino-alcohol motifs (C(OH)–C–C–N with tert-alkyl or cyclic N) is 1. The molecule has 0 spiro atoms. The van der Waals surface area contributed by atoms with Crippen LogP contribution >= 0.6 is 0 Å². The van der Waals surface area contributed by atoms with Crippen LogP contribution in [0.3, 0.4) is 0 Å². The van der Waals surface area contributed by atoms with E-state index in [1.807, 2.05) is 30.5 Å². The highest BCUT2D eigenvalue weighted by molar-refractivity contribution is 5.89. The molecular formula is C24H32N2O2. The molecule has 28 heavy (non-hydrogen) atoms. The third-order valence-electron chi connectivity index (χ3n) is 5.19. The topological polar surface area (TPSA) is 48.5 Å². The zero-order valence-corrected chi connectivity index (χ0v) is 17.4. The van der Waals surface area contributed by atoms with Gasteiger partial charge in [0.05, 0.1) is 0 Å². The number of hydrogen-bond acceptors (Lipinski definition) is 3. The number of benzene rings is 2. The number of nitrogens with zero attached hydrogens (tertiary/aromatic N) is 1. The zero-order chi connectivity index (χ0) is 20.1. The van der Waals surface area contributed by atoms with E-state index in [1.54, 1.807) is 0 Å². The van der Waals surface area contributed by atoms with Crippen molar-refractivity contribution >= 4 is 10.9 Å². The van der Waals surface area contributed by atoms with Gasteiger partial charge < -0.3 is 14.8 Å². The van der Waals surface area contributed by atoms with Gasteiger partial charge in [-0.3, -0.25) is 4.90 Å². The summed E-state index contributed by atoms with van der Waals surface area (Å²) in [5.41, 5.74) is 3.51. The first-order valence-electron chi connectivity index (χ1n) is 10.0. The molecule has 2 N–H and O–H groups in total. The molecule has 0 saturated heterocycles. The van der Waals surface area contributed by atoms with Crippen LogP contribution in [0.15, 0.2) is 54.7 Å². The summed E-state index contributed by atoms with van der Waals surface area (Å²) in [5.74, 6) is 0.821. The first-order chi connectivity index (χ1) is 13.3. The number of aromatic amines is 1. The van der Waals surface area contributed by atoms with Gasteiger partial charge in [-0.05, 0) is 57.4 Å². The Hall–Kier alpha value is -2.30. The Morgan fingerprint density at radius 3 is 2.54 bits per heavy atom. The van der Waals surface area contributed by atoms with E-state index in [0.717, 1.165) is 35.2 Å². The average Bonchev–Trinajstić information content (AvgIpc) is 3.05. The maximum atomic E-state index is 10.7. The molecule has 2 aromatic carbocycles. The van der Waals surface area contributed by atoms with E-state index in [0.29, 0.717) is 6.54 Å². The maximum Gasteiger partial charge on any atom is 0.129 e. The van der Waals surface area contributed by atoms with E-state index < -0.39 is 6.10 Å². The van der Waals surface area contributed by atoms with Gasteiger partial charge in [0.1, 0.15) is 18.5 Å². The summed E-state index contributed by atoms with van der Waals surface area (Å²) in [6.07, 6.45) is 2.40. The molecule has 0 saturated carbocycles. The number of hydrogen-bond donors (Lipinski definition) is 2. The van der Waals surface area contributed by atoms with Crippen molar-refractivity contribution in [3.63, 3.8) is 0 Å². The molecular weight excluding hydrogens is 348 g/mol. The predicted molar refractivity (Wildman–Crippen MR) is 116 cm³/mol. The summed E-state index contributed by atoms with van der Waals surface area (Å²) in [6, 6.07) is 16.5. The second-order valence-electron chi connectivity index (χ2n) is 8.47. The van der Waals surface area contributed by atoms with Gasteiger partial charge in [0.2, 0.25) is 0 Å². The first-order valence-corrected chi connectivity index (χ1v) is 10.0. The highest BCUT2D eigenvalue weighted by atomic mass is 16.5. The molecule has 1 heterocycles. The third kappa shape index (κ3) is 5.15. The van der Waals surface area contributed by atoms with Gasteiger partial charge in [-0.1, -0.05) is 36.4 Å². The van der Waals surface area contributed by atoms with E-state index in [4.69, 9.17) is 4.74 Å². The molecule has 150 valence electrons. The molecule has 0 radical (unpaired) electrons. The lowest BCUT2D eigenvalue weighted by molar-refractivity contribution is 0.0339. The minimum Gasteiger partial charge on any atom is -0.490 e. The van der Waals surface area contributed by atoms with Crippen molar-refractivity contribution in [1.82, 2.24) is 9.88 Å². The minimum atomic E-state index is -0.551. The number of H-pyrrole nitrogens is 1. The van der Waals surface area contributed by atoms with Gasteiger partial charge in [0.15, 0.2) is 0 Å². The lowest BCUT2D eigenvalue weighted by Crippen LogP contribution is -2.47. The minimum absolute atomic E-state index is 0.0208. The Morgan fingerprint density at radius 2 is 1.82 bits per heavy atom. The molecule has 1 aromatic heterocycles. The summed E-state index contributed by atoms with van der Waals surface area (Å²) in [4.78, 5) is 5.58. The average molecular weight is 381 g/mol. The number of fused-ring (bicyclic) bond motifs is 1. The van der Waals surface area contributed by atoms with Crippen LogP contribution in [0.2, 0.25) is 0 Å². The van der Waals surface area contributed by atoms with Crippen LogP contribution in [0.1, 0.15) is 31.9 Å². The van der Waals surface area contributed by atoms with E-state index >= 15 is 0 Å². The number of aliphatic hydroxyl groups excluding tert-OH is 1. The molecule has 0 bridgehead atoms. The number of aliphatic hydroxyl groups is 1. The Kier molecular flexibility index (Phi) is 6.42. The summed E-state index contributed by atoms with van der Waals surface area (Å²) >= 11 is 0. The molecule has 3 rings (SSSR count). The van der Waals surface area contributed by atoms with Crippen LogP contribution in [0.5, 0.6) is 5.75 Å². The Bertz CT molecular complexity index is 881. The van der Waals surface area contributed by atoms with Crippen molar-refractivity contribution < 1.29 is 9.84 Å². The monoisotopic (exact) mass is 380 g/mol. The van der Waals surface area contributed by atoms with Crippen LogP contribution in [0, 0.1) is 6.92 Å². The van der Waals surface area contributed by atoms with Crippen molar-refractivity contribution in [3.8, 4) is 5.75 Å². The fourth-order valence-electron chi connectivity index (χ4n) is 3.54. The van der Waals surface area contributed by atoms with Crippen LogP contribution in [0.25, 0.3) is 10.9 Å². The number of nitrogens with one attached hydrogen (secondary N) is 1. The van der Waals surface area contributed by atoms with Crippen LogP contribution in [0.4, 0.5) is 0 Å². The Morgan fingerprint density at radius 1 is 1.07 bits per heavy atom. The molecule has 4 nitrogen and oxygen atoms in total. The van der Waals surface area contributed by atoms with E-state index in [-0.39, 0.29) is 12.1 Å². The van der Waals surface area contributed by atoms with Crippen molar-refractivity contribution in [2.24, 2.45) is 0 Å². The van der Waals surface area contributed by atoms with Crippen LogP contribution < -0.4 is 4.74 Å². The number of aryl methyl sites for hydroxylation is 1. The maximum absolute atomic E-state index is 10.7. The van der Waals surface area contributed by atoms with Gasteiger partial charge in [0.25, 0.3) is 0 Å². The lowest BCUT2D eigenvalue weighted by Gasteiger charge is -2.37. The zero-order valence-electron chi connectivity index (χ0n) is 17.4. The summed E-state index contributed by atoms with van der Waals surface area (Å²) < 4.78 is 6.00. The first kappa shape index (κ1) is 20.4. The molecule has 3 aromatic rings. The van der Waals surface area contributed by atoms with Crippen molar-refractivity contribution in [3.05, 3.63) is 65.9 Å². The summed E-state index contributed by atoms with van der Waals surface area (Å²) in [5, 5.41) is 11.7. The second kappa shape index (κ2) is 8.80. The van der Waals surface area contributed by atoms with Gasteiger partial charge in [-0.25, -0.2) is 0 Å². The number of rotatable bonds is 8. The SMILES string of the molecule is Cc1c[nH]c2cccc(OC[C@H](O)CN(CCc3ccccc3)C(C)(C)C)c12. The fourth-order valence-corrected chi connectivity index (χ4v) is 3.54. The molecule has 0 aliphatic rings. The third-order valence-corrected chi connectivity index (χ3v) is 5.19. The van der Waals surface area contributed by atoms with Crippen molar-refractivity contribution in [2.75, 3.05) is 19.7 Å². The van der Waals surface area contributed by atoms with Gasteiger partial charge >= 0.3 is 0 Å². The van der Waals surface area contributed by atoms with Gasteiger partial charge in [-0.15, -0.1) is 0 Å². The Labute approximate surface area is 168 Å². The summed E-state index contributed by atoms with van der Waals surface area (Å²) in [6.45, 7) is 10.4. The normalized spacial score (nSPS) is 13.2. The largest absolute Gasteiger partial charge is 0.490 e. The molecule has 0 aliphatic carbocycles. The second-order valence-corrected chi connectivity index (χ2v) is 8.47. The molecule has 1 atom stereocenters. The highest BCUT2D eigenvalue weighted by Crippen LogP contribution is 2.28. The lowest BCUT2D eigenvalue weighted by atomic mass is 10.0. The van der Waals surface area contributed by atoms with E-state index in [1.165, 1.54) is 5.56 Å². The number of ether oxygens (including phenoxy) is 1. The molecule has 0 unspecified atom stereocenters. The van der Waals surface area contributed by atoms with Crippen LogP contribution in [-0.2, 0) is 6.42 Å². The quantitative estimate of drug-likeness (QED) is 0.602. The molecule has 4 heteroatoms. The van der Waals surface area contributed by atoms with Gasteiger partial charge in [-0.2, -0.15) is 0 Å². The Balaban J connectivity index is 1.60. The molecule has 0 aliphatic heterocycles. The van der Waals surface area contributed by atoms with E-state index in [9.17, 15) is 5.11 Å². The van der Waals surface area contributed by atoms with E-state index in [2.05, 4.69) is 61.8 Å². The van der Waals surface area contributed by atoms with Crippen molar-refractivity contribution in [2.45, 2.75) is 45.8 Å². The number of aromatic nitrogens is 1.